The Hall–Kier alpha value is -2.17. The lowest BCUT2D eigenvalue weighted by Crippen LogP contribution is -2.38. The second kappa shape index (κ2) is 7.40. The molecule has 4 heteroatoms. The molecule has 0 radical (unpaired) electrons. The first-order chi connectivity index (χ1) is 11.3. The van der Waals surface area contributed by atoms with E-state index in [1.165, 1.54) is 0 Å². The summed E-state index contributed by atoms with van der Waals surface area (Å²) in [5, 5.41) is 12.4. The largest absolute Gasteiger partial charge is 0.395 e. The Morgan fingerprint density at radius 3 is 2.65 bits per heavy atom. The standard InChI is InChI=1S/C19H22N2O2/c22-14-16-9-6-12-21(16)13-19(23)20-18-11-5-4-10-17(18)15-7-2-1-3-8-15/h1-5,7-8,10-11,16,22H,6,9,12-14H2,(H,20,23)/t16-/m1/s1. The second-order valence-corrected chi connectivity index (χ2v) is 5.91. The number of aliphatic hydroxyl groups is 1. The van der Waals surface area contributed by atoms with E-state index in [0.29, 0.717) is 6.54 Å². The van der Waals surface area contributed by atoms with Crippen molar-refractivity contribution >= 4 is 11.6 Å². The highest BCUT2D eigenvalue weighted by atomic mass is 16.3. The molecule has 0 bridgehead atoms. The summed E-state index contributed by atoms with van der Waals surface area (Å²) in [4.78, 5) is 14.4. The van der Waals surface area contributed by atoms with Crippen LogP contribution in [0, 0.1) is 0 Å². The van der Waals surface area contributed by atoms with Crippen LogP contribution in [-0.4, -0.2) is 41.7 Å². The van der Waals surface area contributed by atoms with Gasteiger partial charge in [-0.2, -0.15) is 0 Å². The summed E-state index contributed by atoms with van der Waals surface area (Å²) in [6.45, 7) is 1.32. The fourth-order valence-electron chi connectivity index (χ4n) is 3.15. The van der Waals surface area contributed by atoms with Crippen molar-refractivity contribution in [1.29, 1.82) is 0 Å². The van der Waals surface area contributed by atoms with Gasteiger partial charge < -0.3 is 10.4 Å². The maximum absolute atomic E-state index is 12.4. The van der Waals surface area contributed by atoms with Gasteiger partial charge in [-0.3, -0.25) is 9.69 Å². The van der Waals surface area contributed by atoms with Gasteiger partial charge >= 0.3 is 0 Å². The fraction of sp³-hybridized carbons (Fsp3) is 0.316. The summed E-state index contributed by atoms with van der Waals surface area (Å²) in [7, 11) is 0. The molecule has 1 aliphatic rings. The number of carbonyl (C=O) groups excluding carboxylic acids is 1. The first-order valence-corrected chi connectivity index (χ1v) is 8.07. The molecule has 1 atom stereocenters. The quantitative estimate of drug-likeness (QED) is 0.893. The molecule has 23 heavy (non-hydrogen) atoms. The van der Waals surface area contributed by atoms with Gasteiger partial charge in [-0.1, -0.05) is 48.5 Å². The van der Waals surface area contributed by atoms with E-state index >= 15 is 0 Å². The fourth-order valence-corrected chi connectivity index (χ4v) is 3.15. The topological polar surface area (TPSA) is 52.6 Å². The number of para-hydroxylation sites is 1. The van der Waals surface area contributed by atoms with Crippen LogP contribution in [0.1, 0.15) is 12.8 Å². The Morgan fingerprint density at radius 1 is 1.13 bits per heavy atom. The molecule has 1 fully saturated rings. The molecule has 1 amide bonds. The van der Waals surface area contributed by atoms with Gasteiger partial charge in [-0.25, -0.2) is 0 Å². The van der Waals surface area contributed by atoms with Crippen molar-refractivity contribution in [3.63, 3.8) is 0 Å². The Bertz CT molecular complexity index is 657. The number of anilines is 1. The highest BCUT2D eigenvalue weighted by Crippen LogP contribution is 2.27. The van der Waals surface area contributed by atoms with Gasteiger partial charge in [0.25, 0.3) is 0 Å². The molecule has 2 N–H and O–H groups in total. The normalized spacial score (nSPS) is 18.0. The van der Waals surface area contributed by atoms with Gasteiger partial charge in [0.2, 0.25) is 5.91 Å². The molecular weight excluding hydrogens is 288 g/mol. The van der Waals surface area contributed by atoms with Crippen LogP contribution >= 0.6 is 0 Å². The first kappa shape index (κ1) is 15.7. The van der Waals surface area contributed by atoms with Crippen LogP contribution < -0.4 is 5.32 Å². The second-order valence-electron chi connectivity index (χ2n) is 5.91. The molecule has 1 aliphatic heterocycles. The van der Waals surface area contributed by atoms with E-state index in [0.717, 1.165) is 36.2 Å². The van der Waals surface area contributed by atoms with Crippen molar-refractivity contribution in [2.24, 2.45) is 0 Å². The lowest BCUT2D eigenvalue weighted by Gasteiger charge is -2.22. The smallest absolute Gasteiger partial charge is 0.238 e. The number of nitrogens with zero attached hydrogens (tertiary/aromatic N) is 1. The molecule has 0 spiro atoms. The maximum atomic E-state index is 12.4. The molecule has 0 aromatic heterocycles. The zero-order valence-electron chi connectivity index (χ0n) is 13.1. The van der Waals surface area contributed by atoms with Crippen molar-refractivity contribution in [3.05, 3.63) is 54.6 Å². The number of carbonyl (C=O) groups is 1. The number of benzene rings is 2. The van der Waals surface area contributed by atoms with E-state index in [-0.39, 0.29) is 18.6 Å². The molecule has 3 rings (SSSR count). The number of likely N-dealkylation sites (tertiary alicyclic amines) is 1. The summed E-state index contributed by atoms with van der Waals surface area (Å²) in [6, 6.07) is 18.0. The monoisotopic (exact) mass is 310 g/mol. The van der Waals surface area contributed by atoms with Crippen LogP contribution in [0.15, 0.2) is 54.6 Å². The first-order valence-electron chi connectivity index (χ1n) is 8.07. The molecule has 0 aliphatic carbocycles. The van der Waals surface area contributed by atoms with E-state index in [2.05, 4.69) is 10.2 Å². The molecule has 0 saturated carbocycles. The minimum absolute atomic E-state index is 0.0336. The van der Waals surface area contributed by atoms with E-state index in [1.807, 2.05) is 54.6 Å². The van der Waals surface area contributed by atoms with Crippen molar-refractivity contribution in [2.75, 3.05) is 25.0 Å². The third-order valence-corrected chi connectivity index (χ3v) is 4.34. The Labute approximate surface area is 136 Å². The summed E-state index contributed by atoms with van der Waals surface area (Å²) < 4.78 is 0. The van der Waals surface area contributed by atoms with Crippen LogP contribution in [0.5, 0.6) is 0 Å². The summed E-state index contributed by atoms with van der Waals surface area (Å²) in [5.74, 6) is -0.0336. The van der Waals surface area contributed by atoms with Crippen LogP contribution in [0.3, 0.4) is 0 Å². The van der Waals surface area contributed by atoms with Gasteiger partial charge in [0.05, 0.1) is 13.2 Å². The number of nitrogens with one attached hydrogen (secondary N) is 1. The minimum Gasteiger partial charge on any atom is -0.395 e. The van der Waals surface area contributed by atoms with Crippen LogP contribution in [0.2, 0.25) is 0 Å². The van der Waals surface area contributed by atoms with Gasteiger partial charge in [0.1, 0.15) is 0 Å². The lowest BCUT2D eigenvalue weighted by molar-refractivity contribution is -0.117. The minimum atomic E-state index is -0.0336. The molecule has 0 unspecified atom stereocenters. The van der Waals surface area contributed by atoms with Crippen molar-refractivity contribution < 1.29 is 9.90 Å². The molecule has 4 nitrogen and oxygen atoms in total. The van der Waals surface area contributed by atoms with Crippen molar-refractivity contribution in [2.45, 2.75) is 18.9 Å². The predicted octanol–water partition coefficient (Wildman–Crippen LogP) is 2.75. The third kappa shape index (κ3) is 3.78. The SMILES string of the molecule is O=C(CN1CCC[C@@H]1CO)Nc1ccccc1-c1ccccc1. The summed E-state index contributed by atoms with van der Waals surface area (Å²) in [5.41, 5.74) is 2.92. The molecule has 1 saturated heterocycles. The summed E-state index contributed by atoms with van der Waals surface area (Å²) >= 11 is 0. The summed E-state index contributed by atoms with van der Waals surface area (Å²) in [6.07, 6.45) is 2.00. The molecule has 2 aromatic carbocycles. The maximum Gasteiger partial charge on any atom is 0.238 e. The van der Waals surface area contributed by atoms with Crippen LogP contribution in [0.4, 0.5) is 5.69 Å². The average Bonchev–Trinajstić information content (AvgIpc) is 3.03. The Morgan fingerprint density at radius 2 is 1.87 bits per heavy atom. The number of hydrogen-bond donors (Lipinski definition) is 2. The molecule has 1 heterocycles. The Balaban J connectivity index is 1.72. The van der Waals surface area contributed by atoms with Crippen molar-refractivity contribution in [3.8, 4) is 11.1 Å². The Kier molecular flexibility index (Phi) is 5.05. The van der Waals surface area contributed by atoms with Crippen molar-refractivity contribution in [1.82, 2.24) is 4.90 Å². The lowest BCUT2D eigenvalue weighted by atomic mass is 10.0. The van der Waals surface area contributed by atoms with Gasteiger partial charge in [0, 0.05) is 17.3 Å². The molecule has 2 aromatic rings. The predicted molar refractivity (Wildman–Crippen MR) is 92.2 cm³/mol. The highest BCUT2D eigenvalue weighted by Gasteiger charge is 2.25. The average molecular weight is 310 g/mol. The zero-order chi connectivity index (χ0) is 16.1. The number of aliphatic hydroxyl groups excluding tert-OH is 1. The number of rotatable bonds is 5. The molecular formula is C19H22N2O2. The van der Waals surface area contributed by atoms with Crippen LogP contribution in [-0.2, 0) is 4.79 Å². The van der Waals surface area contributed by atoms with E-state index in [4.69, 9.17) is 0 Å². The van der Waals surface area contributed by atoms with E-state index < -0.39 is 0 Å². The highest BCUT2D eigenvalue weighted by molar-refractivity contribution is 5.96. The zero-order valence-corrected chi connectivity index (χ0v) is 13.1. The van der Waals surface area contributed by atoms with Gasteiger partial charge in [-0.15, -0.1) is 0 Å². The number of amides is 1. The number of hydrogen-bond acceptors (Lipinski definition) is 3. The molecule has 120 valence electrons. The van der Waals surface area contributed by atoms with E-state index in [1.54, 1.807) is 0 Å². The third-order valence-electron chi connectivity index (χ3n) is 4.34. The van der Waals surface area contributed by atoms with Crippen LogP contribution in [0.25, 0.3) is 11.1 Å². The van der Waals surface area contributed by atoms with E-state index in [9.17, 15) is 9.90 Å². The van der Waals surface area contributed by atoms with Gasteiger partial charge in [-0.05, 0) is 31.0 Å². The van der Waals surface area contributed by atoms with Gasteiger partial charge in [0.15, 0.2) is 0 Å².